The van der Waals surface area contributed by atoms with E-state index in [-0.39, 0.29) is 0 Å². The fourth-order valence-electron chi connectivity index (χ4n) is 0.779. The van der Waals surface area contributed by atoms with Crippen molar-refractivity contribution >= 4 is 8.69 Å². The molecule has 0 aromatic heterocycles. The Kier molecular flexibility index (Phi) is 6.14. The summed E-state index contributed by atoms with van der Waals surface area (Å²) in [7, 11) is -2.84. The second-order valence-electron chi connectivity index (χ2n) is 2.17. The fraction of sp³-hybridized carbons (Fsp3) is 1.00. The van der Waals surface area contributed by atoms with Crippen molar-refractivity contribution < 1.29 is 8.39 Å². The lowest BCUT2D eigenvalue weighted by atomic mass is 10.4. The highest BCUT2D eigenvalue weighted by atomic mass is 31.2. The molecule has 0 bridgehead atoms. The fourth-order valence-corrected chi connectivity index (χ4v) is 1.48. The van der Waals surface area contributed by atoms with Crippen molar-refractivity contribution in [1.82, 2.24) is 4.67 Å². The summed E-state index contributed by atoms with van der Waals surface area (Å²) in [5.74, 6) is 0. The van der Waals surface area contributed by atoms with Gasteiger partial charge in [-0.15, -0.1) is 0 Å². The van der Waals surface area contributed by atoms with Gasteiger partial charge in [0, 0.05) is 13.1 Å². The van der Waals surface area contributed by atoms with E-state index >= 15 is 0 Å². The van der Waals surface area contributed by atoms with Crippen LogP contribution in [-0.2, 0) is 0 Å². The van der Waals surface area contributed by atoms with Crippen LogP contribution in [0.4, 0.5) is 8.39 Å². The first kappa shape index (κ1) is 10.2. The Bertz CT molecular complexity index is 74.1. The molecule has 0 atom stereocenters. The zero-order valence-electron chi connectivity index (χ0n) is 6.48. The Morgan fingerprint density at radius 3 is 1.70 bits per heavy atom. The number of nitrogens with zero attached hydrogens (tertiary/aromatic N) is 1. The molecule has 0 N–H and O–H groups in total. The average Bonchev–Trinajstić information content (AvgIpc) is 1.87. The van der Waals surface area contributed by atoms with Crippen LogP contribution in [0.5, 0.6) is 0 Å². The van der Waals surface area contributed by atoms with Crippen molar-refractivity contribution in [2.24, 2.45) is 0 Å². The molecule has 0 saturated heterocycles. The second kappa shape index (κ2) is 5.99. The summed E-state index contributed by atoms with van der Waals surface area (Å²) in [6.07, 6.45) is 1.62. The minimum atomic E-state index is -2.84. The molecule has 1 nitrogen and oxygen atoms in total. The topological polar surface area (TPSA) is 3.24 Å². The van der Waals surface area contributed by atoms with E-state index in [2.05, 4.69) is 0 Å². The molecule has 0 amide bonds. The molecular formula is C6H14F2NP. The van der Waals surface area contributed by atoms with E-state index in [1.807, 2.05) is 13.8 Å². The Morgan fingerprint density at radius 1 is 1.10 bits per heavy atom. The first-order valence-electron chi connectivity index (χ1n) is 3.58. The van der Waals surface area contributed by atoms with Gasteiger partial charge in [0.15, 0.2) is 0 Å². The number of rotatable bonds is 5. The minimum Gasteiger partial charge on any atom is -0.229 e. The Balaban J connectivity index is 3.50. The zero-order chi connectivity index (χ0) is 7.98. The molecule has 0 aliphatic carbocycles. The van der Waals surface area contributed by atoms with Crippen LogP contribution in [-0.4, -0.2) is 17.8 Å². The summed E-state index contributed by atoms with van der Waals surface area (Å²) in [4.78, 5) is 0. The summed E-state index contributed by atoms with van der Waals surface area (Å²) in [6, 6.07) is 0. The van der Waals surface area contributed by atoms with E-state index in [0.29, 0.717) is 13.1 Å². The van der Waals surface area contributed by atoms with Gasteiger partial charge in [-0.1, -0.05) is 13.8 Å². The van der Waals surface area contributed by atoms with Gasteiger partial charge in [0.1, 0.15) is 0 Å². The van der Waals surface area contributed by atoms with Crippen LogP contribution in [0, 0.1) is 0 Å². The van der Waals surface area contributed by atoms with Gasteiger partial charge >= 0.3 is 8.69 Å². The van der Waals surface area contributed by atoms with Crippen molar-refractivity contribution in [3.05, 3.63) is 0 Å². The third-order valence-corrected chi connectivity index (χ3v) is 2.00. The van der Waals surface area contributed by atoms with E-state index in [1.54, 1.807) is 0 Å². The van der Waals surface area contributed by atoms with Crippen LogP contribution >= 0.6 is 8.69 Å². The van der Waals surface area contributed by atoms with E-state index in [0.717, 1.165) is 12.8 Å². The predicted octanol–water partition coefficient (Wildman–Crippen LogP) is 3.27. The highest BCUT2D eigenvalue weighted by Crippen LogP contribution is 2.43. The quantitative estimate of drug-likeness (QED) is 0.571. The molecule has 0 aliphatic heterocycles. The maximum Gasteiger partial charge on any atom is 0.345 e. The van der Waals surface area contributed by atoms with Crippen molar-refractivity contribution in [3.63, 3.8) is 0 Å². The molecule has 0 radical (unpaired) electrons. The molecule has 0 fully saturated rings. The molecule has 10 heavy (non-hydrogen) atoms. The van der Waals surface area contributed by atoms with Gasteiger partial charge < -0.3 is 0 Å². The van der Waals surface area contributed by atoms with E-state index in [1.165, 1.54) is 4.67 Å². The SMILES string of the molecule is CCCN(CCC)P(F)F. The van der Waals surface area contributed by atoms with E-state index in [9.17, 15) is 8.39 Å². The standard InChI is InChI=1S/C6H14F2NP/c1-3-5-9(6-4-2)10(7)8/h3-6H2,1-2H3. The summed E-state index contributed by atoms with van der Waals surface area (Å²) in [5, 5.41) is 0. The molecule has 62 valence electrons. The molecule has 0 saturated carbocycles. The Labute approximate surface area is 62.5 Å². The second-order valence-corrected chi connectivity index (χ2v) is 3.16. The molecule has 4 heteroatoms. The van der Waals surface area contributed by atoms with Gasteiger partial charge in [0.2, 0.25) is 0 Å². The van der Waals surface area contributed by atoms with Crippen molar-refractivity contribution in [2.45, 2.75) is 26.7 Å². The third-order valence-electron chi connectivity index (χ3n) is 1.18. The van der Waals surface area contributed by atoms with Gasteiger partial charge in [-0.05, 0) is 12.8 Å². The third kappa shape index (κ3) is 4.13. The summed E-state index contributed by atoms with van der Waals surface area (Å²) < 4.78 is 25.4. The highest BCUT2D eigenvalue weighted by molar-refractivity contribution is 7.43. The maximum atomic E-state index is 12.1. The maximum absolute atomic E-state index is 12.1. The molecule has 0 unspecified atom stereocenters. The molecule has 0 rings (SSSR count). The van der Waals surface area contributed by atoms with Crippen molar-refractivity contribution in [2.75, 3.05) is 13.1 Å². The number of halogens is 2. The summed E-state index contributed by atoms with van der Waals surface area (Å²) >= 11 is 0. The lowest BCUT2D eigenvalue weighted by molar-refractivity contribution is 0.409. The summed E-state index contributed by atoms with van der Waals surface area (Å²) in [6.45, 7) is 4.90. The van der Waals surface area contributed by atoms with Crippen LogP contribution in [0.25, 0.3) is 0 Å². The smallest absolute Gasteiger partial charge is 0.229 e. The van der Waals surface area contributed by atoms with Gasteiger partial charge in [0.25, 0.3) is 0 Å². The molecule has 0 aliphatic rings. The molecule has 0 heterocycles. The van der Waals surface area contributed by atoms with Crippen LogP contribution in [0.15, 0.2) is 0 Å². The molecule has 0 aromatic rings. The van der Waals surface area contributed by atoms with Crippen LogP contribution in [0.3, 0.4) is 0 Å². The predicted molar refractivity (Wildman–Crippen MR) is 41.3 cm³/mol. The average molecular weight is 169 g/mol. The Morgan fingerprint density at radius 2 is 1.50 bits per heavy atom. The monoisotopic (exact) mass is 169 g/mol. The molecular weight excluding hydrogens is 155 g/mol. The van der Waals surface area contributed by atoms with Gasteiger partial charge in [-0.2, -0.15) is 8.39 Å². The first-order valence-corrected chi connectivity index (χ1v) is 4.66. The van der Waals surface area contributed by atoms with Crippen LogP contribution < -0.4 is 0 Å². The van der Waals surface area contributed by atoms with Crippen molar-refractivity contribution in [3.8, 4) is 0 Å². The number of hydrogen-bond acceptors (Lipinski definition) is 1. The lowest BCUT2D eigenvalue weighted by Gasteiger charge is -2.17. The lowest BCUT2D eigenvalue weighted by Crippen LogP contribution is -2.16. The number of hydrogen-bond donors (Lipinski definition) is 0. The van der Waals surface area contributed by atoms with Gasteiger partial charge in [-0.3, -0.25) is 0 Å². The van der Waals surface area contributed by atoms with E-state index in [4.69, 9.17) is 0 Å². The van der Waals surface area contributed by atoms with Crippen LogP contribution in [0.2, 0.25) is 0 Å². The zero-order valence-corrected chi connectivity index (χ0v) is 7.37. The minimum absolute atomic E-state index is 0.534. The van der Waals surface area contributed by atoms with Crippen molar-refractivity contribution in [1.29, 1.82) is 0 Å². The van der Waals surface area contributed by atoms with Gasteiger partial charge in [-0.25, -0.2) is 4.67 Å². The first-order chi connectivity index (χ1) is 4.72. The molecule has 0 aromatic carbocycles. The Hall–Kier alpha value is 0.250. The normalized spacial score (nSPS) is 11.4. The highest BCUT2D eigenvalue weighted by Gasteiger charge is 2.14. The largest absolute Gasteiger partial charge is 0.345 e. The summed E-state index contributed by atoms with van der Waals surface area (Å²) in [5.41, 5.74) is 0. The van der Waals surface area contributed by atoms with Crippen LogP contribution in [0.1, 0.15) is 26.7 Å². The van der Waals surface area contributed by atoms with E-state index < -0.39 is 8.69 Å². The molecule has 0 spiro atoms. The van der Waals surface area contributed by atoms with Gasteiger partial charge in [0.05, 0.1) is 0 Å².